The van der Waals surface area contributed by atoms with Crippen LogP contribution in [0.1, 0.15) is 57.2 Å². The highest BCUT2D eigenvalue weighted by atomic mass is 16.5. The van der Waals surface area contributed by atoms with E-state index in [2.05, 4.69) is 42.7 Å². The van der Waals surface area contributed by atoms with Gasteiger partial charge in [0.25, 0.3) is 0 Å². The van der Waals surface area contributed by atoms with Gasteiger partial charge in [0.15, 0.2) is 11.5 Å². The third kappa shape index (κ3) is 4.23. The molecule has 0 unspecified atom stereocenters. The molecule has 1 amide bonds. The summed E-state index contributed by atoms with van der Waals surface area (Å²) < 4.78 is 11.0. The molecule has 27 heavy (non-hydrogen) atoms. The van der Waals surface area contributed by atoms with E-state index in [1.807, 2.05) is 0 Å². The van der Waals surface area contributed by atoms with Crippen LogP contribution in [-0.2, 0) is 11.2 Å². The van der Waals surface area contributed by atoms with Crippen molar-refractivity contribution >= 4 is 5.91 Å². The van der Waals surface area contributed by atoms with Crippen molar-refractivity contribution in [2.75, 3.05) is 33.9 Å². The van der Waals surface area contributed by atoms with Gasteiger partial charge in [0.05, 0.1) is 14.2 Å². The number of rotatable bonds is 5. The summed E-state index contributed by atoms with van der Waals surface area (Å²) in [6.45, 7) is 9.30. The van der Waals surface area contributed by atoms with E-state index in [-0.39, 0.29) is 0 Å². The molecule has 2 heterocycles. The van der Waals surface area contributed by atoms with Crippen LogP contribution in [0.2, 0.25) is 0 Å². The molecule has 150 valence electrons. The molecule has 3 rings (SSSR count). The van der Waals surface area contributed by atoms with Crippen molar-refractivity contribution in [3.63, 3.8) is 0 Å². The second kappa shape index (κ2) is 8.51. The average molecular weight is 375 g/mol. The molecule has 1 aromatic carbocycles. The Hall–Kier alpha value is -1.75. The van der Waals surface area contributed by atoms with Gasteiger partial charge in [-0.3, -0.25) is 9.69 Å². The highest BCUT2D eigenvalue weighted by Crippen LogP contribution is 2.39. The van der Waals surface area contributed by atoms with Crippen molar-refractivity contribution in [1.29, 1.82) is 0 Å². The number of amides is 1. The van der Waals surface area contributed by atoms with Crippen molar-refractivity contribution in [2.24, 2.45) is 5.92 Å². The summed E-state index contributed by atoms with van der Waals surface area (Å²) >= 11 is 0. The fourth-order valence-electron chi connectivity index (χ4n) is 4.59. The normalized spacial score (nSPS) is 23.3. The molecule has 5 heteroatoms. The van der Waals surface area contributed by atoms with Crippen LogP contribution in [0.4, 0.5) is 0 Å². The molecule has 0 aliphatic carbocycles. The maximum absolute atomic E-state index is 12.5. The number of carbonyl (C=O) groups excluding carboxylic acids is 1. The standard InChI is InChI=1S/C22H34N2O3/c1-15(2)11-22(25)23-9-6-7-18(14-23)24-10-8-17-12-20(26-4)21(27-5)13-19(17)16(24)3/h12-13,15-16,18H,6-11,14H2,1-5H3/t16-,18-/m0/s1. The zero-order chi connectivity index (χ0) is 19.6. The zero-order valence-corrected chi connectivity index (χ0v) is 17.5. The number of carbonyl (C=O) groups is 1. The van der Waals surface area contributed by atoms with E-state index in [0.717, 1.165) is 44.0 Å². The van der Waals surface area contributed by atoms with E-state index in [0.29, 0.717) is 30.3 Å². The molecule has 0 bridgehead atoms. The van der Waals surface area contributed by atoms with Crippen LogP contribution < -0.4 is 9.47 Å². The molecule has 1 saturated heterocycles. The number of piperidine rings is 1. The van der Waals surface area contributed by atoms with E-state index < -0.39 is 0 Å². The van der Waals surface area contributed by atoms with Gasteiger partial charge < -0.3 is 14.4 Å². The van der Waals surface area contributed by atoms with Gasteiger partial charge in [-0.05, 0) is 55.4 Å². The lowest BCUT2D eigenvalue weighted by molar-refractivity contribution is -0.134. The Morgan fingerprint density at radius 3 is 2.56 bits per heavy atom. The number of nitrogens with zero attached hydrogens (tertiary/aromatic N) is 2. The lowest BCUT2D eigenvalue weighted by atomic mass is 9.90. The number of hydrogen-bond acceptors (Lipinski definition) is 4. The molecule has 0 N–H and O–H groups in total. The first-order valence-electron chi connectivity index (χ1n) is 10.2. The summed E-state index contributed by atoms with van der Waals surface area (Å²) in [4.78, 5) is 17.2. The van der Waals surface area contributed by atoms with Crippen LogP contribution in [0.15, 0.2) is 12.1 Å². The third-order valence-corrected chi connectivity index (χ3v) is 6.03. The van der Waals surface area contributed by atoms with Crippen molar-refractivity contribution < 1.29 is 14.3 Å². The van der Waals surface area contributed by atoms with Crippen LogP contribution in [0.5, 0.6) is 11.5 Å². The molecule has 2 aliphatic rings. The quantitative estimate of drug-likeness (QED) is 0.789. The molecule has 5 nitrogen and oxygen atoms in total. The molecule has 0 saturated carbocycles. The van der Waals surface area contributed by atoms with Gasteiger partial charge in [-0.2, -0.15) is 0 Å². The fraction of sp³-hybridized carbons (Fsp3) is 0.682. The molecule has 1 fully saturated rings. The van der Waals surface area contributed by atoms with Crippen molar-refractivity contribution in [1.82, 2.24) is 9.80 Å². The zero-order valence-electron chi connectivity index (χ0n) is 17.5. The fourth-order valence-corrected chi connectivity index (χ4v) is 4.59. The topological polar surface area (TPSA) is 42.0 Å². The number of hydrogen-bond donors (Lipinski definition) is 0. The Labute approximate surface area is 163 Å². The predicted octanol–water partition coefficient (Wildman–Crippen LogP) is 3.66. The summed E-state index contributed by atoms with van der Waals surface area (Å²) in [6.07, 6.45) is 3.92. The van der Waals surface area contributed by atoms with Crippen molar-refractivity contribution in [3.05, 3.63) is 23.3 Å². The Morgan fingerprint density at radius 2 is 1.89 bits per heavy atom. The summed E-state index contributed by atoms with van der Waals surface area (Å²) in [5.41, 5.74) is 2.67. The summed E-state index contributed by atoms with van der Waals surface area (Å²) in [5.74, 6) is 2.33. The van der Waals surface area contributed by atoms with Gasteiger partial charge in [0.1, 0.15) is 0 Å². The number of ether oxygens (including phenoxy) is 2. The van der Waals surface area contributed by atoms with Crippen LogP contribution in [-0.4, -0.2) is 55.6 Å². The monoisotopic (exact) mass is 374 g/mol. The molecule has 2 atom stereocenters. The number of benzene rings is 1. The maximum Gasteiger partial charge on any atom is 0.222 e. The Balaban J connectivity index is 1.76. The minimum Gasteiger partial charge on any atom is -0.493 e. The first-order valence-corrected chi connectivity index (χ1v) is 10.2. The highest BCUT2D eigenvalue weighted by Gasteiger charge is 2.34. The maximum atomic E-state index is 12.5. The van der Waals surface area contributed by atoms with Gasteiger partial charge >= 0.3 is 0 Å². The van der Waals surface area contributed by atoms with E-state index in [9.17, 15) is 4.79 Å². The lowest BCUT2D eigenvalue weighted by Gasteiger charge is -2.45. The Morgan fingerprint density at radius 1 is 1.19 bits per heavy atom. The molecular formula is C22H34N2O3. The molecule has 0 aromatic heterocycles. The summed E-state index contributed by atoms with van der Waals surface area (Å²) in [5, 5.41) is 0. The molecule has 1 aromatic rings. The lowest BCUT2D eigenvalue weighted by Crippen LogP contribution is -2.52. The van der Waals surface area contributed by atoms with Crippen molar-refractivity contribution in [3.8, 4) is 11.5 Å². The summed E-state index contributed by atoms with van der Waals surface area (Å²) in [7, 11) is 3.38. The average Bonchev–Trinajstić information content (AvgIpc) is 2.67. The minimum absolute atomic E-state index is 0.311. The Bertz CT molecular complexity index is 674. The second-order valence-electron chi connectivity index (χ2n) is 8.30. The molecule has 0 radical (unpaired) electrons. The van der Waals surface area contributed by atoms with E-state index in [4.69, 9.17) is 9.47 Å². The van der Waals surface area contributed by atoms with E-state index in [1.165, 1.54) is 17.5 Å². The van der Waals surface area contributed by atoms with E-state index in [1.54, 1.807) is 14.2 Å². The number of methoxy groups -OCH3 is 2. The van der Waals surface area contributed by atoms with Crippen LogP contribution in [0.3, 0.4) is 0 Å². The number of likely N-dealkylation sites (tertiary alicyclic amines) is 1. The van der Waals surface area contributed by atoms with Gasteiger partial charge in [0, 0.05) is 38.1 Å². The van der Waals surface area contributed by atoms with Gasteiger partial charge in [-0.15, -0.1) is 0 Å². The SMILES string of the molecule is COc1cc2c(cc1OC)[C@H](C)N([C@H]1CCCN(C(=O)CC(C)C)C1)CC2. The summed E-state index contributed by atoms with van der Waals surface area (Å²) in [6, 6.07) is 5.02. The smallest absolute Gasteiger partial charge is 0.222 e. The first kappa shape index (κ1) is 20.0. The Kier molecular flexibility index (Phi) is 6.30. The van der Waals surface area contributed by atoms with Crippen LogP contribution in [0, 0.1) is 5.92 Å². The molecule has 0 spiro atoms. The van der Waals surface area contributed by atoms with E-state index >= 15 is 0 Å². The number of fused-ring (bicyclic) bond motifs is 1. The molecular weight excluding hydrogens is 340 g/mol. The van der Waals surface area contributed by atoms with Gasteiger partial charge in [-0.1, -0.05) is 13.8 Å². The third-order valence-electron chi connectivity index (χ3n) is 6.03. The predicted molar refractivity (Wildman–Crippen MR) is 107 cm³/mol. The van der Waals surface area contributed by atoms with Crippen molar-refractivity contribution in [2.45, 2.75) is 58.5 Å². The second-order valence-corrected chi connectivity index (χ2v) is 8.30. The van der Waals surface area contributed by atoms with Gasteiger partial charge in [-0.25, -0.2) is 0 Å². The van der Waals surface area contributed by atoms with Crippen LogP contribution in [0.25, 0.3) is 0 Å². The van der Waals surface area contributed by atoms with Gasteiger partial charge in [0.2, 0.25) is 5.91 Å². The van der Waals surface area contributed by atoms with Crippen LogP contribution >= 0.6 is 0 Å². The minimum atomic E-state index is 0.311. The largest absolute Gasteiger partial charge is 0.493 e. The first-order chi connectivity index (χ1) is 12.9. The highest BCUT2D eigenvalue weighted by molar-refractivity contribution is 5.76. The molecule has 2 aliphatic heterocycles.